The molecule has 0 aromatic heterocycles. The SMILES string of the molecule is C1=Cc2ccccc2C2=NC(=C1)C2. The van der Waals surface area contributed by atoms with Gasteiger partial charge in [0.25, 0.3) is 0 Å². The molecule has 1 nitrogen and oxygen atoms in total. The summed E-state index contributed by atoms with van der Waals surface area (Å²) in [6, 6.07) is 8.40. The fourth-order valence-electron chi connectivity index (χ4n) is 1.75. The highest BCUT2D eigenvalue weighted by Crippen LogP contribution is 2.27. The predicted molar refractivity (Wildman–Crippen MR) is 54.7 cm³/mol. The molecule has 4 rings (SSSR count). The van der Waals surface area contributed by atoms with Gasteiger partial charge >= 0.3 is 0 Å². The number of rotatable bonds is 0. The first-order valence-corrected chi connectivity index (χ1v) is 4.48. The number of nitrogens with zero attached hydrogens (tertiary/aromatic N) is 1. The van der Waals surface area contributed by atoms with Crippen LogP contribution in [0.4, 0.5) is 0 Å². The van der Waals surface area contributed by atoms with Crippen molar-refractivity contribution in [3.8, 4) is 0 Å². The lowest BCUT2D eigenvalue weighted by Gasteiger charge is -2.20. The molecule has 0 saturated heterocycles. The summed E-state index contributed by atoms with van der Waals surface area (Å²) < 4.78 is 0. The van der Waals surface area contributed by atoms with Crippen molar-refractivity contribution in [1.82, 2.24) is 0 Å². The van der Waals surface area contributed by atoms with E-state index in [0.29, 0.717) is 0 Å². The Morgan fingerprint density at radius 2 is 2.00 bits per heavy atom. The fraction of sp³-hybridized carbons (Fsp3) is 0.0833. The molecule has 3 aliphatic rings. The maximum absolute atomic E-state index is 4.45. The number of hydrogen-bond donors (Lipinski definition) is 0. The summed E-state index contributed by atoms with van der Waals surface area (Å²) in [5.41, 5.74) is 4.99. The number of fused-ring (bicyclic) bond motifs is 1. The molecule has 0 atom stereocenters. The van der Waals surface area contributed by atoms with Crippen LogP contribution in [0.2, 0.25) is 0 Å². The van der Waals surface area contributed by atoms with Crippen LogP contribution in [0.1, 0.15) is 17.5 Å². The molecule has 1 heteroatoms. The Kier molecular flexibility index (Phi) is 1.28. The van der Waals surface area contributed by atoms with E-state index in [1.54, 1.807) is 0 Å². The molecule has 0 saturated carbocycles. The maximum Gasteiger partial charge on any atom is 0.0544 e. The molecule has 0 fully saturated rings. The minimum absolute atomic E-state index is 1.03. The number of benzene rings is 1. The molecule has 0 radical (unpaired) electrons. The molecule has 1 aromatic rings. The molecule has 2 heterocycles. The van der Waals surface area contributed by atoms with Gasteiger partial charge in [0.2, 0.25) is 0 Å². The van der Waals surface area contributed by atoms with Crippen molar-refractivity contribution in [2.24, 2.45) is 4.99 Å². The lowest BCUT2D eigenvalue weighted by Crippen LogP contribution is -2.13. The summed E-state index contributed by atoms with van der Waals surface area (Å²) in [4.78, 5) is 4.45. The van der Waals surface area contributed by atoms with Gasteiger partial charge in [-0.1, -0.05) is 36.4 Å². The Bertz CT molecular complexity index is 450. The van der Waals surface area contributed by atoms with Crippen molar-refractivity contribution in [2.75, 3.05) is 0 Å². The van der Waals surface area contributed by atoms with E-state index >= 15 is 0 Å². The molecule has 0 amide bonds. The van der Waals surface area contributed by atoms with E-state index < -0.39 is 0 Å². The van der Waals surface area contributed by atoms with Crippen molar-refractivity contribution < 1.29 is 0 Å². The summed E-state index contributed by atoms with van der Waals surface area (Å²) >= 11 is 0. The Hall–Kier alpha value is -1.63. The standard InChI is InChI=1S/C12H9N/c1-2-7-11-9(4-1)5-3-6-10-8-12(11)13-10/h1-7H,8H2. The minimum atomic E-state index is 1.03. The Morgan fingerprint density at radius 1 is 1.15 bits per heavy atom. The minimum Gasteiger partial charge on any atom is -0.256 e. The van der Waals surface area contributed by atoms with Crippen LogP contribution in [0.5, 0.6) is 0 Å². The highest BCUT2D eigenvalue weighted by Gasteiger charge is 2.18. The molecule has 62 valence electrons. The van der Waals surface area contributed by atoms with E-state index in [9.17, 15) is 0 Å². The lowest BCUT2D eigenvalue weighted by atomic mass is 9.93. The van der Waals surface area contributed by atoms with Crippen molar-refractivity contribution in [3.05, 3.63) is 53.2 Å². The molecule has 0 unspecified atom stereocenters. The number of hydrogen-bond acceptors (Lipinski definition) is 1. The van der Waals surface area contributed by atoms with Crippen LogP contribution in [0, 0.1) is 0 Å². The molecule has 2 bridgehead atoms. The molecule has 1 aromatic carbocycles. The predicted octanol–water partition coefficient (Wildman–Crippen LogP) is 2.79. The monoisotopic (exact) mass is 167 g/mol. The number of allylic oxidation sites excluding steroid dienone is 3. The average Bonchev–Trinajstić information content (AvgIpc) is 2.02. The third-order valence-corrected chi connectivity index (χ3v) is 2.46. The molecule has 0 N–H and O–H groups in total. The highest BCUT2D eigenvalue weighted by molar-refractivity contribution is 6.09. The van der Waals surface area contributed by atoms with Crippen molar-refractivity contribution >= 4 is 11.8 Å². The highest BCUT2D eigenvalue weighted by atomic mass is 14.8. The summed E-state index contributed by atoms with van der Waals surface area (Å²) in [5, 5.41) is 0. The van der Waals surface area contributed by atoms with Gasteiger partial charge in [0, 0.05) is 17.7 Å². The third-order valence-electron chi connectivity index (χ3n) is 2.46. The zero-order valence-electron chi connectivity index (χ0n) is 7.20. The maximum atomic E-state index is 4.45. The van der Waals surface area contributed by atoms with E-state index in [-0.39, 0.29) is 0 Å². The number of aliphatic imine (C=N–C) groups is 1. The summed E-state index contributed by atoms with van der Waals surface area (Å²) in [6.07, 6.45) is 7.33. The molecule has 0 spiro atoms. The van der Waals surface area contributed by atoms with Crippen LogP contribution < -0.4 is 0 Å². The lowest BCUT2D eigenvalue weighted by molar-refractivity contribution is 1.10. The summed E-state index contributed by atoms with van der Waals surface area (Å²) in [7, 11) is 0. The van der Waals surface area contributed by atoms with Crippen LogP contribution in [0.3, 0.4) is 0 Å². The van der Waals surface area contributed by atoms with Crippen LogP contribution in [-0.4, -0.2) is 5.71 Å². The third kappa shape index (κ3) is 0.970. The van der Waals surface area contributed by atoms with E-state index in [1.807, 2.05) is 0 Å². The first-order chi connectivity index (χ1) is 6.43. The van der Waals surface area contributed by atoms with Crippen LogP contribution in [0.25, 0.3) is 6.08 Å². The van der Waals surface area contributed by atoms with Crippen molar-refractivity contribution in [3.63, 3.8) is 0 Å². The largest absolute Gasteiger partial charge is 0.256 e. The molecule has 2 aliphatic heterocycles. The van der Waals surface area contributed by atoms with E-state index in [2.05, 4.69) is 47.5 Å². The molecule has 13 heavy (non-hydrogen) atoms. The van der Waals surface area contributed by atoms with Gasteiger partial charge in [-0.25, -0.2) is 0 Å². The van der Waals surface area contributed by atoms with Crippen molar-refractivity contribution in [2.45, 2.75) is 6.42 Å². The molecular formula is C12H9N. The van der Waals surface area contributed by atoms with Gasteiger partial charge in [0.15, 0.2) is 0 Å². The van der Waals surface area contributed by atoms with E-state index in [0.717, 1.165) is 6.42 Å². The van der Waals surface area contributed by atoms with Crippen LogP contribution >= 0.6 is 0 Å². The van der Waals surface area contributed by atoms with E-state index in [1.165, 1.54) is 22.5 Å². The Balaban J connectivity index is 2.27. The second-order valence-electron chi connectivity index (χ2n) is 3.34. The van der Waals surface area contributed by atoms with Gasteiger partial charge < -0.3 is 0 Å². The first-order valence-electron chi connectivity index (χ1n) is 4.48. The topological polar surface area (TPSA) is 12.4 Å². The van der Waals surface area contributed by atoms with Crippen LogP contribution in [-0.2, 0) is 0 Å². The zero-order chi connectivity index (χ0) is 8.67. The second kappa shape index (κ2) is 2.43. The fourth-order valence-corrected chi connectivity index (χ4v) is 1.75. The Morgan fingerprint density at radius 3 is 2.92 bits per heavy atom. The molecular weight excluding hydrogens is 158 g/mol. The van der Waals surface area contributed by atoms with Gasteiger partial charge in [-0.3, -0.25) is 4.99 Å². The zero-order valence-corrected chi connectivity index (χ0v) is 7.20. The normalized spacial score (nSPS) is 17.5. The van der Waals surface area contributed by atoms with Gasteiger partial charge in [-0.15, -0.1) is 0 Å². The smallest absolute Gasteiger partial charge is 0.0544 e. The van der Waals surface area contributed by atoms with Crippen LogP contribution in [0.15, 0.2) is 47.1 Å². The Labute approximate surface area is 77.1 Å². The van der Waals surface area contributed by atoms with Gasteiger partial charge in [0.1, 0.15) is 0 Å². The summed E-state index contributed by atoms with van der Waals surface area (Å²) in [5.74, 6) is 0. The van der Waals surface area contributed by atoms with E-state index in [4.69, 9.17) is 0 Å². The molecule has 1 aliphatic carbocycles. The second-order valence-corrected chi connectivity index (χ2v) is 3.34. The average molecular weight is 167 g/mol. The van der Waals surface area contributed by atoms with Crippen molar-refractivity contribution in [1.29, 1.82) is 0 Å². The quantitative estimate of drug-likeness (QED) is 0.563. The van der Waals surface area contributed by atoms with Gasteiger partial charge in [-0.2, -0.15) is 0 Å². The first kappa shape index (κ1) is 6.84. The van der Waals surface area contributed by atoms with Gasteiger partial charge in [0.05, 0.1) is 5.71 Å². The summed E-state index contributed by atoms with van der Waals surface area (Å²) in [6.45, 7) is 0. The van der Waals surface area contributed by atoms with Gasteiger partial charge in [-0.05, 0) is 11.6 Å².